The minimum atomic E-state index is -0.359. The number of ether oxygens (including phenoxy) is 1. The Bertz CT molecular complexity index is 723. The molecule has 2 rings (SSSR count). The van der Waals surface area contributed by atoms with Crippen LogP contribution in [0.4, 0.5) is 0 Å². The normalized spacial score (nSPS) is 10.8. The van der Waals surface area contributed by atoms with Gasteiger partial charge in [-0.25, -0.2) is 5.43 Å². The predicted molar refractivity (Wildman–Crippen MR) is 101 cm³/mol. The number of phenolic OH excluding ortho intramolecular Hbond substituents is 1. The number of amides is 1. The molecule has 0 fully saturated rings. The first kappa shape index (κ1) is 18.5. The summed E-state index contributed by atoms with van der Waals surface area (Å²) < 4.78 is 6.45. The van der Waals surface area contributed by atoms with Gasteiger partial charge in [0.2, 0.25) is 0 Å². The van der Waals surface area contributed by atoms with Gasteiger partial charge in [0.15, 0.2) is 6.61 Å². The largest absolute Gasteiger partial charge is 0.506 e. The standard InChI is InChI=1S/C17H16Br2N2O3/c1-2-11-3-5-13(6-4-11)24-10-16(22)21-20-9-12-7-14(18)17(23)15(19)8-12/h3-9,23H,2,10H2,1H3,(H,21,22)/b20-9+. The van der Waals surface area contributed by atoms with Gasteiger partial charge in [-0.2, -0.15) is 5.10 Å². The molecule has 7 heteroatoms. The molecule has 0 heterocycles. The van der Waals surface area contributed by atoms with E-state index in [-0.39, 0.29) is 18.3 Å². The summed E-state index contributed by atoms with van der Waals surface area (Å²) in [4.78, 5) is 11.7. The number of carbonyl (C=O) groups is 1. The summed E-state index contributed by atoms with van der Waals surface area (Å²) in [6.45, 7) is 1.96. The fourth-order valence-electron chi connectivity index (χ4n) is 1.84. The smallest absolute Gasteiger partial charge is 0.277 e. The van der Waals surface area contributed by atoms with Crippen molar-refractivity contribution in [1.82, 2.24) is 5.43 Å². The molecular formula is C17H16Br2N2O3. The molecule has 2 aromatic rings. The van der Waals surface area contributed by atoms with Gasteiger partial charge in [-0.3, -0.25) is 4.79 Å². The maximum Gasteiger partial charge on any atom is 0.277 e. The first-order chi connectivity index (χ1) is 11.5. The number of carbonyl (C=O) groups excluding carboxylic acids is 1. The third-order valence-electron chi connectivity index (χ3n) is 3.14. The van der Waals surface area contributed by atoms with E-state index in [4.69, 9.17) is 4.74 Å². The van der Waals surface area contributed by atoms with Crippen molar-refractivity contribution >= 4 is 44.0 Å². The van der Waals surface area contributed by atoms with Crippen LogP contribution in [0, 0.1) is 0 Å². The number of aromatic hydroxyl groups is 1. The number of hydrogen-bond acceptors (Lipinski definition) is 4. The first-order valence-corrected chi connectivity index (χ1v) is 8.80. The molecule has 5 nitrogen and oxygen atoms in total. The van der Waals surface area contributed by atoms with Gasteiger partial charge >= 0.3 is 0 Å². The molecule has 24 heavy (non-hydrogen) atoms. The van der Waals surface area contributed by atoms with E-state index >= 15 is 0 Å². The lowest BCUT2D eigenvalue weighted by atomic mass is 10.2. The molecule has 2 N–H and O–H groups in total. The number of benzene rings is 2. The Morgan fingerprint density at radius 2 is 1.88 bits per heavy atom. The summed E-state index contributed by atoms with van der Waals surface area (Å²) in [5, 5.41) is 13.5. The van der Waals surface area contributed by atoms with Crippen molar-refractivity contribution in [3.8, 4) is 11.5 Å². The van der Waals surface area contributed by atoms with Gasteiger partial charge in [0.25, 0.3) is 5.91 Å². The Morgan fingerprint density at radius 3 is 2.46 bits per heavy atom. The maximum atomic E-state index is 11.7. The van der Waals surface area contributed by atoms with Gasteiger partial charge in [0.1, 0.15) is 11.5 Å². The van der Waals surface area contributed by atoms with Crippen LogP contribution in [0.15, 0.2) is 50.4 Å². The van der Waals surface area contributed by atoms with E-state index in [1.165, 1.54) is 11.8 Å². The van der Waals surface area contributed by atoms with Crippen LogP contribution in [-0.2, 0) is 11.2 Å². The van der Waals surface area contributed by atoms with Crippen LogP contribution in [0.1, 0.15) is 18.1 Å². The number of nitrogens with one attached hydrogen (secondary N) is 1. The van der Waals surface area contributed by atoms with E-state index in [1.54, 1.807) is 12.1 Å². The topological polar surface area (TPSA) is 70.9 Å². The third kappa shape index (κ3) is 5.35. The minimum absolute atomic E-state index is 0.110. The van der Waals surface area contributed by atoms with Gasteiger partial charge < -0.3 is 9.84 Å². The Hall–Kier alpha value is -1.86. The summed E-state index contributed by atoms with van der Waals surface area (Å²) in [5.41, 5.74) is 4.31. The van der Waals surface area contributed by atoms with Crippen molar-refractivity contribution in [3.63, 3.8) is 0 Å². The molecule has 0 aliphatic heterocycles. The molecular weight excluding hydrogens is 440 g/mol. The second kappa shape index (κ2) is 8.84. The molecule has 0 aromatic heterocycles. The zero-order valence-electron chi connectivity index (χ0n) is 12.9. The third-order valence-corrected chi connectivity index (χ3v) is 4.35. The van der Waals surface area contributed by atoms with Crippen LogP contribution in [0.25, 0.3) is 0 Å². The Labute approximate surface area is 157 Å². The van der Waals surface area contributed by atoms with Crippen molar-refractivity contribution in [1.29, 1.82) is 0 Å². The second-order valence-corrected chi connectivity index (χ2v) is 6.62. The summed E-state index contributed by atoms with van der Waals surface area (Å²) in [7, 11) is 0. The van der Waals surface area contributed by atoms with Gasteiger partial charge in [-0.1, -0.05) is 19.1 Å². The number of nitrogens with zero attached hydrogens (tertiary/aromatic N) is 1. The number of hydrogen-bond donors (Lipinski definition) is 2. The average molecular weight is 456 g/mol. The van der Waals surface area contributed by atoms with Crippen LogP contribution in [0.2, 0.25) is 0 Å². The van der Waals surface area contributed by atoms with Crippen LogP contribution < -0.4 is 10.2 Å². The lowest BCUT2D eigenvalue weighted by molar-refractivity contribution is -0.123. The average Bonchev–Trinajstić information content (AvgIpc) is 2.58. The molecule has 0 aliphatic carbocycles. The highest BCUT2D eigenvalue weighted by atomic mass is 79.9. The molecule has 2 aromatic carbocycles. The van der Waals surface area contributed by atoms with Crippen molar-refractivity contribution in [2.24, 2.45) is 5.10 Å². The molecule has 0 saturated heterocycles. The molecule has 0 atom stereocenters. The molecule has 1 amide bonds. The summed E-state index contributed by atoms with van der Waals surface area (Å²) >= 11 is 6.46. The highest BCUT2D eigenvalue weighted by molar-refractivity contribution is 9.11. The molecule has 0 spiro atoms. The SMILES string of the molecule is CCc1ccc(OCC(=O)N/N=C/c2cc(Br)c(O)c(Br)c2)cc1. The molecule has 0 unspecified atom stereocenters. The zero-order chi connectivity index (χ0) is 17.5. The minimum Gasteiger partial charge on any atom is -0.506 e. The van der Waals surface area contributed by atoms with E-state index in [9.17, 15) is 9.90 Å². The van der Waals surface area contributed by atoms with Crippen molar-refractivity contribution in [2.75, 3.05) is 6.61 Å². The lowest BCUT2D eigenvalue weighted by Gasteiger charge is -2.06. The Morgan fingerprint density at radius 1 is 1.25 bits per heavy atom. The number of halogens is 2. The summed E-state index contributed by atoms with van der Waals surface area (Å²) in [6.07, 6.45) is 2.43. The van der Waals surface area contributed by atoms with Gasteiger partial charge in [-0.05, 0) is 73.7 Å². The Kier molecular flexibility index (Phi) is 6.81. The van der Waals surface area contributed by atoms with Gasteiger partial charge in [0, 0.05) is 0 Å². The van der Waals surface area contributed by atoms with E-state index in [0.717, 1.165) is 6.42 Å². The number of rotatable bonds is 6. The number of aryl methyl sites for hydroxylation is 1. The van der Waals surface area contributed by atoms with Crippen molar-refractivity contribution in [3.05, 3.63) is 56.5 Å². The van der Waals surface area contributed by atoms with E-state index in [2.05, 4.69) is 49.3 Å². The van der Waals surface area contributed by atoms with Gasteiger partial charge in [-0.15, -0.1) is 0 Å². The number of phenols is 1. The summed E-state index contributed by atoms with van der Waals surface area (Å²) in [5.74, 6) is 0.388. The van der Waals surface area contributed by atoms with Crippen LogP contribution in [-0.4, -0.2) is 23.8 Å². The second-order valence-electron chi connectivity index (χ2n) is 4.91. The molecule has 126 valence electrons. The molecule has 0 saturated carbocycles. The van der Waals surface area contributed by atoms with Crippen molar-refractivity contribution < 1.29 is 14.6 Å². The molecule has 0 radical (unpaired) electrons. The molecule has 0 aliphatic rings. The van der Waals surface area contributed by atoms with Crippen LogP contribution in [0.3, 0.4) is 0 Å². The maximum absolute atomic E-state index is 11.7. The van der Waals surface area contributed by atoms with Crippen molar-refractivity contribution in [2.45, 2.75) is 13.3 Å². The lowest BCUT2D eigenvalue weighted by Crippen LogP contribution is -2.24. The van der Waals surface area contributed by atoms with Crippen LogP contribution in [0.5, 0.6) is 11.5 Å². The fraction of sp³-hybridized carbons (Fsp3) is 0.176. The highest BCUT2D eigenvalue weighted by Crippen LogP contribution is 2.32. The predicted octanol–water partition coefficient (Wildman–Crippen LogP) is 4.01. The Balaban J connectivity index is 1.84. The van der Waals surface area contributed by atoms with Gasteiger partial charge in [0.05, 0.1) is 15.2 Å². The first-order valence-electron chi connectivity index (χ1n) is 7.21. The highest BCUT2D eigenvalue weighted by Gasteiger charge is 2.05. The monoisotopic (exact) mass is 454 g/mol. The van der Waals surface area contributed by atoms with E-state index in [1.807, 2.05) is 24.3 Å². The number of hydrazone groups is 1. The fourth-order valence-corrected chi connectivity index (χ4v) is 3.06. The van der Waals surface area contributed by atoms with E-state index < -0.39 is 0 Å². The van der Waals surface area contributed by atoms with Crippen LogP contribution >= 0.6 is 31.9 Å². The quantitative estimate of drug-likeness (QED) is 0.510. The molecule has 0 bridgehead atoms. The summed E-state index contributed by atoms with van der Waals surface area (Å²) in [6, 6.07) is 11.0. The van der Waals surface area contributed by atoms with E-state index in [0.29, 0.717) is 20.3 Å². The zero-order valence-corrected chi connectivity index (χ0v) is 16.1.